The van der Waals surface area contributed by atoms with Gasteiger partial charge < -0.3 is 9.88 Å². The molecule has 0 spiro atoms. The van der Waals surface area contributed by atoms with E-state index < -0.39 is 0 Å². The van der Waals surface area contributed by atoms with Crippen molar-refractivity contribution in [1.29, 1.82) is 0 Å². The molecule has 1 unspecified atom stereocenters. The third-order valence-electron chi connectivity index (χ3n) is 5.17. The average molecular weight is 387 g/mol. The Morgan fingerprint density at radius 2 is 2.07 bits per heavy atom. The lowest BCUT2D eigenvalue weighted by molar-refractivity contribution is 0.0945. The maximum absolute atomic E-state index is 12.8. The van der Waals surface area contributed by atoms with Gasteiger partial charge in [-0.3, -0.25) is 14.2 Å². The highest BCUT2D eigenvalue weighted by Crippen LogP contribution is 2.23. The summed E-state index contributed by atoms with van der Waals surface area (Å²) in [7, 11) is 0. The zero-order chi connectivity index (χ0) is 20.2. The van der Waals surface area contributed by atoms with Crippen LogP contribution in [0, 0.1) is 5.92 Å². The number of fused-ring (bicyclic) bond motifs is 1. The highest BCUT2D eigenvalue weighted by molar-refractivity contribution is 6.00. The van der Waals surface area contributed by atoms with Crippen molar-refractivity contribution < 1.29 is 4.79 Å². The summed E-state index contributed by atoms with van der Waals surface area (Å²) >= 11 is 0. The van der Waals surface area contributed by atoms with E-state index in [1.165, 1.54) is 0 Å². The number of pyridine rings is 2. The van der Waals surface area contributed by atoms with Crippen molar-refractivity contribution in [3.05, 3.63) is 78.6 Å². The van der Waals surface area contributed by atoms with Gasteiger partial charge in [0, 0.05) is 49.6 Å². The molecule has 1 amide bonds. The standard InChI is InChI=1S/C23H25N5O/c1-3-17(2)13-25-23(29)21-20-8-4-5-11-28(20)22(26-21)19-9-12-27(16-19)15-18-7-6-10-24-14-18/h4-12,14,16-17H,3,13,15H2,1-2H3,(H,25,29). The molecule has 4 aromatic heterocycles. The first-order valence-corrected chi connectivity index (χ1v) is 9.96. The minimum atomic E-state index is -0.130. The van der Waals surface area contributed by atoms with Crippen LogP contribution in [-0.2, 0) is 6.54 Å². The second kappa shape index (κ2) is 8.31. The predicted molar refractivity (Wildman–Crippen MR) is 114 cm³/mol. The summed E-state index contributed by atoms with van der Waals surface area (Å²) in [5, 5.41) is 3.02. The highest BCUT2D eigenvalue weighted by atomic mass is 16.1. The molecular weight excluding hydrogens is 362 g/mol. The van der Waals surface area contributed by atoms with Gasteiger partial charge in [-0.05, 0) is 35.7 Å². The molecule has 0 fully saturated rings. The van der Waals surface area contributed by atoms with E-state index in [4.69, 9.17) is 4.98 Å². The molecular formula is C23H25N5O. The molecule has 6 heteroatoms. The molecule has 1 N–H and O–H groups in total. The van der Waals surface area contributed by atoms with Crippen molar-refractivity contribution in [2.45, 2.75) is 26.8 Å². The van der Waals surface area contributed by atoms with Crippen LogP contribution in [0.25, 0.3) is 16.9 Å². The van der Waals surface area contributed by atoms with E-state index in [-0.39, 0.29) is 5.91 Å². The van der Waals surface area contributed by atoms with Crippen LogP contribution in [-0.4, -0.2) is 31.4 Å². The van der Waals surface area contributed by atoms with Crippen LogP contribution in [0.2, 0.25) is 0 Å². The SMILES string of the molecule is CCC(C)CNC(=O)c1nc(-c2ccn(Cc3cccnc3)c2)n2ccccc12. The van der Waals surface area contributed by atoms with E-state index in [9.17, 15) is 4.79 Å². The van der Waals surface area contributed by atoms with Gasteiger partial charge >= 0.3 is 0 Å². The van der Waals surface area contributed by atoms with E-state index in [1.807, 2.05) is 53.3 Å². The first-order valence-electron chi connectivity index (χ1n) is 9.96. The minimum Gasteiger partial charge on any atom is -0.350 e. The molecule has 0 radical (unpaired) electrons. The summed E-state index contributed by atoms with van der Waals surface area (Å²) in [4.78, 5) is 21.7. The van der Waals surface area contributed by atoms with Gasteiger partial charge in [-0.25, -0.2) is 4.98 Å². The van der Waals surface area contributed by atoms with Crippen LogP contribution in [0.4, 0.5) is 0 Å². The maximum atomic E-state index is 12.8. The molecule has 0 saturated heterocycles. The quantitative estimate of drug-likeness (QED) is 0.521. The fourth-order valence-electron chi connectivity index (χ4n) is 3.28. The molecule has 0 saturated carbocycles. The van der Waals surface area contributed by atoms with Crippen molar-refractivity contribution in [3.8, 4) is 11.4 Å². The molecule has 4 aromatic rings. The largest absolute Gasteiger partial charge is 0.350 e. The van der Waals surface area contributed by atoms with Crippen molar-refractivity contribution >= 4 is 11.4 Å². The molecule has 4 heterocycles. The highest BCUT2D eigenvalue weighted by Gasteiger charge is 2.19. The van der Waals surface area contributed by atoms with Crippen LogP contribution < -0.4 is 5.32 Å². The Hall–Kier alpha value is -3.41. The number of imidazole rings is 1. The van der Waals surface area contributed by atoms with Crippen LogP contribution in [0.3, 0.4) is 0 Å². The van der Waals surface area contributed by atoms with Gasteiger partial charge in [0.1, 0.15) is 5.82 Å². The summed E-state index contributed by atoms with van der Waals surface area (Å²) in [6.07, 6.45) is 10.7. The number of carbonyl (C=O) groups is 1. The van der Waals surface area contributed by atoms with E-state index in [1.54, 1.807) is 6.20 Å². The van der Waals surface area contributed by atoms with Crippen molar-refractivity contribution in [2.24, 2.45) is 5.92 Å². The summed E-state index contributed by atoms with van der Waals surface area (Å²) in [6, 6.07) is 11.8. The molecule has 0 aromatic carbocycles. The molecule has 6 nitrogen and oxygen atoms in total. The lowest BCUT2D eigenvalue weighted by atomic mass is 10.1. The second-order valence-corrected chi connectivity index (χ2v) is 7.40. The number of nitrogens with zero attached hydrogens (tertiary/aromatic N) is 4. The Morgan fingerprint density at radius 1 is 1.17 bits per heavy atom. The number of hydrogen-bond acceptors (Lipinski definition) is 3. The maximum Gasteiger partial charge on any atom is 0.272 e. The monoisotopic (exact) mass is 387 g/mol. The number of carbonyl (C=O) groups excluding carboxylic acids is 1. The van der Waals surface area contributed by atoms with Crippen molar-refractivity contribution in [3.63, 3.8) is 0 Å². The van der Waals surface area contributed by atoms with E-state index in [0.29, 0.717) is 18.2 Å². The summed E-state index contributed by atoms with van der Waals surface area (Å²) in [5.74, 6) is 1.07. The van der Waals surface area contributed by atoms with Crippen molar-refractivity contribution in [2.75, 3.05) is 6.54 Å². The minimum absolute atomic E-state index is 0.130. The van der Waals surface area contributed by atoms with Gasteiger partial charge in [0.2, 0.25) is 0 Å². The molecule has 0 aliphatic rings. The second-order valence-electron chi connectivity index (χ2n) is 7.40. The Bertz CT molecular complexity index is 1110. The summed E-state index contributed by atoms with van der Waals surface area (Å²) < 4.78 is 4.07. The van der Waals surface area contributed by atoms with Crippen LogP contribution in [0.5, 0.6) is 0 Å². The predicted octanol–water partition coefficient (Wildman–Crippen LogP) is 4.02. The topological polar surface area (TPSA) is 64.2 Å². The van der Waals surface area contributed by atoms with Gasteiger partial charge in [-0.2, -0.15) is 0 Å². The Labute approximate surface area is 170 Å². The number of amides is 1. The third kappa shape index (κ3) is 4.06. The lowest BCUT2D eigenvalue weighted by Gasteiger charge is -2.08. The van der Waals surface area contributed by atoms with Crippen LogP contribution >= 0.6 is 0 Å². The first-order chi connectivity index (χ1) is 14.2. The van der Waals surface area contributed by atoms with E-state index in [2.05, 4.69) is 41.0 Å². The number of rotatable bonds is 7. The lowest BCUT2D eigenvalue weighted by Crippen LogP contribution is -2.28. The summed E-state index contributed by atoms with van der Waals surface area (Å²) in [6.45, 7) is 5.64. The number of nitrogens with one attached hydrogen (secondary N) is 1. The van der Waals surface area contributed by atoms with Crippen molar-refractivity contribution in [1.82, 2.24) is 24.3 Å². The normalized spacial score (nSPS) is 12.2. The smallest absolute Gasteiger partial charge is 0.272 e. The van der Waals surface area contributed by atoms with Crippen LogP contribution in [0.15, 0.2) is 67.4 Å². The Balaban J connectivity index is 1.64. The Morgan fingerprint density at radius 3 is 2.86 bits per heavy atom. The van der Waals surface area contributed by atoms with E-state index in [0.717, 1.165) is 35.4 Å². The molecule has 0 aliphatic carbocycles. The van der Waals surface area contributed by atoms with E-state index >= 15 is 0 Å². The van der Waals surface area contributed by atoms with Gasteiger partial charge in [0.15, 0.2) is 5.69 Å². The van der Waals surface area contributed by atoms with Gasteiger partial charge in [0.25, 0.3) is 5.91 Å². The molecule has 0 bridgehead atoms. The molecule has 4 rings (SSSR count). The molecule has 148 valence electrons. The number of hydrogen-bond donors (Lipinski definition) is 1. The zero-order valence-corrected chi connectivity index (χ0v) is 16.7. The summed E-state index contributed by atoms with van der Waals surface area (Å²) in [5.41, 5.74) is 3.37. The van der Waals surface area contributed by atoms with Gasteiger partial charge in [-0.15, -0.1) is 0 Å². The molecule has 29 heavy (non-hydrogen) atoms. The molecule has 0 aliphatic heterocycles. The zero-order valence-electron chi connectivity index (χ0n) is 16.7. The average Bonchev–Trinajstić information content (AvgIpc) is 3.37. The molecule has 1 atom stereocenters. The van der Waals surface area contributed by atoms with Gasteiger partial charge in [0.05, 0.1) is 5.52 Å². The fraction of sp³-hybridized carbons (Fsp3) is 0.261. The Kier molecular flexibility index (Phi) is 5.42. The first kappa shape index (κ1) is 18.9. The van der Waals surface area contributed by atoms with Gasteiger partial charge in [-0.1, -0.05) is 32.4 Å². The van der Waals surface area contributed by atoms with Crippen LogP contribution in [0.1, 0.15) is 36.3 Å². The third-order valence-corrected chi connectivity index (χ3v) is 5.17. The number of aromatic nitrogens is 4. The fourth-order valence-corrected chi connectivity index (χ4v) is 3.28.